The van der Waals surface area contributed by atoms with Crippen molar-refractivity contribution in [1.82, 2.24) is 15.3 Å². The predicted octanol–water partition coefficient (Wildman–Crippen LogP) is 3.98. The zero-order valence-electron chi connectivity index (χ0n) is 13.3. The lowest BCUT2D eigenvalue weighted by Gasteiger charge is -2.15. The smallest absolute Gasteiger partial charge is 0.220 e. The van der Waals surface area contributed by atoms with Crippen LogP contribution in [0.1, 0.15) is 50.6 Å². The van der Waals surface area contributed by atoms with Gasteiger partial charge in [-0.3, -0.25) is 9.78 Å². The molecule has 2 aromatic rings. The lowest BCUT2D eigenvalue weighted by Crippen LogP contribution is -2.34. The second-order valence-electron chi connectivity index (χ2n) is 6.11. The van der Waals surface area contributed by atoms with Crippen LogP contribution in [0.25, 0.3) is 10.7 Å². The second-order valence-corrected chi connectivity index (χ2v) is 6.97. The van der Waals surface area contributed by atoms with E-state index in [1.807, 2.05) is 23.6 Å². The Balaban J connectivity index is 1.48. The largest absolute Gasteiger partial charge is 0.353 e. The minimum absolute atomic E-state index is 0.157. The van der Waals surface area contributed by atoms with Crippen LogP contribution < -0.4 is 5.32 Å². The van der Waals surface area contributed by atoms with Crippen molar-refractivity contribution in [1.29, 1.82) is 0 Å². The summed E-state index contributed by atoms with van der Waals surface area (Å²) >= 11 is 1.59. The van der Waals surface area contributed by atoms with Gasteiger partial charge >= 0.3 is 0 Å². The maximum Gasteiger partial charge on any atom is 0.220 e. The molecular formula is C18H23N3OS. The van der Waals surface area contributed by atoms with Crippen molar-refractivity contribution in [3.63, 3.8) is 0 Å². The van der Waals surface area contributed by atoms with Crippen LogP contribution >= 0.6 is 11.3 Å². The number of rotatable bonds is 5. The van der Waals surface area contributed by atoms with E-state index in [1.54, 1.807) is 17.5 Å². The minimum Gasteiger partial charge on any atom is -0.353 e. The zero-order chi connectivity index (χ0) is 15.9. The molecule has 1 aliphatic rings. The molecule has 1 saturated carbocycles. The van der Waals surface area contributed by atoms with Crippen molar-refractivity contribution < 1.29 is 4.79 Å². The Hall–Kier alpha value is -1.75. The summed E-state index contributed by atoms with van der Waals surface area (Å²) in [5, 5.41) is 6.14. The lowest BCUT2D eigenvalue weighted by atomic mass is 10.1. The van der Waals surface area contributed by atoms with Gasteiger partial charge in [0.05, 0.1) is 11.4 Å². The quantitative estimate of drug-likeness (QED) is 0.844. The Labute approximate surface area is 141 Å². The van der Waals surface area contributed by atoms with E-state index in [2.05, 4.69) is 15.3 Å². The van der Waals surface area contributed by atoms with Gasteiger partial charge in [0.15, 0.2) is 0 Å². The molecule has 2 aromatic heterocycles. The molecule has 0 unspecified atom stereocenters. The van der Waals surface area contributed by atoms with E-state index in [0.29, 0.717) is 18.9 Å². The first-order valence-electron chi connectivity index (χ1n) is 8.46. The van der Waals surface area contributed by atoms with E-state index in [0.717, 1.165) is 29.2 Å². The van der Waals surface area contributed by atoms with Crippen LogP contribution in [0.2, 0.25) is 0 Å². The summed E-state index contributed by atoms with van der Waals surface area (Å²) in [6.45, 7) is 0. The number of aryl methyl sites for hydroxylation is 1. The van der Waals surface area contributed by atoms with E-state index < -0.39 is 0 Å². The van der Waals surface area contributed by atoms with Gasteiger partial charge in [-0.1, -0.05) is 31.7 Å². The van der Waals surface area contributed by atoms with Crippen LogP contribution in [-0.4, -0.2) is 21.9 Å². The minimum atomic E-state index is 0.157. The van der Waals surface area contributed by atoms with Crippen molar-refractivity contribution in [3.05, 3.63) is 35.5 Å². The number of aromatic nitrogens is 2. The summed E-state index contributed by atoms with van der Waals surface area (Å²) < 4.78 is 0. The highest BCUT2D eigenvalue weighted by molar-refractivity contribution is 7.13. The highest BCUT2D eigenvalue weighted by atomic mass is 32.1. The van der Waals surface area contributed by atoms with Crippen LogP contribution in [0, 0.1) is 0 Å². The molecular weight excluding hydrogens is 306 g/mol. The van der Waals surface area contributed by atoms with Crippen molar-refractivity contribution in [2.24, 2.45) is 0 Å². The van der Waals surface area contributed by atoms with Gasteiger partial charge < -0.3 is 5.32 Å². The van der Waals surface area contributed by atoms with Gasteiger partial charge in [-0.05, 0) is 31.4 Å². The molecule has 0 saturated heterocycles. The standard InChI is InChI=1S/C18H23N3OS/c22-17(20-14-7-3-1-2-4-8-14)11-10-15-13-23-18(21-15)16-9-5-6-12-19-16/h5-6,9,12-14H,1-4,7-8,10-11H2,(H,20,22). The summed E-state index contributed by atoms with van der Waals surface area (Å²) in [6.07, 6.45) is 10.3. The van der Waals surface area contributed by atoms with Crippen molar-refractivity contribution in [3.8, 4) is 10.7 Å². The van der Waals surface area contributed by atoms with E-state index >= 15 is 0 Å². The number of amides is 1. The molecule has 2 heterocycles. The molecule has 1 aliphatic carbocycles. The Morgan fingerprint density at radius 1 is 1.22 bits per heavy atom. The molecule has 0 atom stereocenters. The third kappa shape index (κ3) is 4.86. The Morgan fingerprint density at radius 3 is 2.78 bits per heavy atom. The van der Waals surface area contributed by atoms with Crippen LogP contribution in [0.5, 0.6) is 0 Å². The highest BCUT2D eigenvalue weighted by Gasteiger charge is 2.15. The van der Waals surface area contributed by atoms with Gasteiger partial charge in [-0.25, -0.2) is 4.98 Å². The Bertz CT molecular complexity index is 618. The fourth-order valence-electron chi connectivity index (χ4n) is 2.99. The molecule has 0 aromatic carbocycles. The molecule has 0 aliphatic heterocycles. The Kier molecular flexibility index (Phi) is 5.75. The van der Waals surface area contributed by atoms with Crippen molar-refractivity contribution in [2.45, 2.75) is 57.4 Å². The summed E-state index contributed by atoms with van der Waals surface area (Å²) in [7, 11) is 0. The first-order valence-corrected chi connectivity index (χ1v) is 9.34. The Morgan fingerprint density at radius 2 is 2.04 bits per heavy atom. The molecule has 3 rings (SSSR count). The van der Waals surface area contributed by atoms with Crippen molar-refractivity contribution in [2.75, 3.05) is 0 Å². The van der Waals surface area contributed by atoms with Crippen LogP contribution in [0.15, 0.2) is 29.8 Å². The normalized spacial score (nSPS) is 16.0. The maximum atomic E-state index is 12.1. The molecule has 5 heteroatoms. The first kappa shape index (κ1) is 16.1. The lowest BCUT2D eigenvalue weighted by molar-refractivity contribution is -0.121. The number of hydrogen-bond acceptors (Lipinski definition) is 4. The number of hydrogen-bond donors (Lipinski definition) is 1. The molecule has 0 radical (unpaired) electrons. The average molecular weight is 329 g/mol. The van der Waals surface area contributed by atoms with Crippen LogP contribution in [0.3, 0.4) is 0 Å². The molecule has 23 heavy (non-hydrogen) atoms. The number of carbonyl (C=O) groups is 1. The number of thiazole rings is 1. The maximum absolute atomic E-state index is 12.1. The fraction of sp³-hybridized carbons (Fsp3) is 0.500. The average Bonchev–Trinajstić information content (AvgIpc) is 2.91. The van der Waals surface area contributed by atoms with Gasteiger partial charge in [0.25, 0.3) is 0 Å². The molecule has 4 nitrogen and oxygen atoms in total. The van der Waals surface area contributed by atoms with Gasteiger partial charge in [-0.2, -0.15) is 0 Å². The predicted molar refractivity (Wildman–Crippen MR) is 93.3 cm³/mol. The van der Waals surface area contributed by atoms with Crippen molar-refractivity contribution >= 4 is 17.2 Å². The molecule has 1 N–H and O–H groups in total. The molecule has 1 amide bonds. The summed E-state index contributed by atoms with van der Waals surface area (Å²) in [4.78, 5) is 21.0. The van der Waals surface area contributed by atoms with Gasteiger partial charge in [0.1, 0.15) is 5.01 Å². The molecule has 0 bridgehead atoms. The van der Waals surface area contributed by atoms with E-state index in [9.17, 15) is 4.79 Å². The third-order valence-electron chi connectivity index (χ3n) is 4.26. The zero-order valence-corrected chi connectivity index (χ0v) is 14.1. The number of nitrogens with zero attached hydrogens (tertiary/aromatic N) is 2. The van der Waals surface area contributed by atoms with Gasteiger partial charge in [0, 0.05) is 24.0 Å². The van der Waals surface area contributed by atoms with Crippen LogP contribution in [-0.2, 0) is 11.2 Å². The highest BCUT2D eigenvalue weighted by Crippen LogP contribution is 2.22. The van der Waals surface area contributed by atoms with E-state index in [4.69, 9.17) is 0 Å². The number of carbonyl (C=O) groups excluding carboxylic acids is 1. The van der Waals surface area contributed by atoms with E-state index in [1.165, 1.54) is 25.7 Å². The fourth-order valence-corrected chi connectivity index (χ4v) is 3.82. The SMILES string of the molecule is O=C(CCc1csc(-c2ccccn2)n1)NC1CCCCCC1. The number of pyridine rings is 1. The van der Waals surface area contributed by atoms with Crippen LogP contribution in [0.4, 0.5) is 0 Å². The first-order chi connectivity index (χ1) is 11.3. The molecule has 122 valence electrons. The third-order valence-corrected chi connectivity index (χ3v) is 5.18. The number of nitrogens with one attached hydrogen (secondary N) is 1. The van der Waals surface area contributed by atoms with E-state index in [-0.39, 0.29) is 5.91 Å². The molecule has 0 spiro atoms. The van der Waals surface area contributed by atoms with Gasteiger partial charge in [-0.15, -0.1) is 11.3 Å². The second kappa shape index (κ2) is 8.20. The summed E-state index contributed by atoms with van der Waals surface area (Å²) in [5.74, 6) is 0.157. The summed E-state index contributed by atoms with van der Waals surface area (Å²) in [5.41, 5.74) is 1.87. The van der Waals surface area contributed by atoms with Gasteiger partial charge in [0.2, 0.25) is 5.91 Å². The molecule has 1 fully saturated rings. The summed E-state index contributed by atoms with van der Waals surface area (Å²) in [6, 6.07) is 6.20. The monoisotopic (exact) mass is 329 g/mol. The topological polar surface area (TPSA) is 54.9 Å².